The van der Waals surface area contributed by atoms with Crippen molar-refractivity contribution in [1.82, 2.24) is 10.2 Å². The van der Waals surface area contributed by atoms with Crippen LogP contribution in [-0.4, -0.2) is 41.9 Å². The van der Waals surface area contributed by atoms with Gasteiger partial charge in [0, 0.05) is 35.6 Å². The molecule has 0 aliphatic carbocycles. The van der Waals surface area contributed by atoms with E-state index in [1.165, 1.54) is 42.2 Å². The van der Waals surface area contributed by atoms with E-state index < -0.39 is 0 Å². The van der Waals surface area contributed by atoms with Crippen LogP contribution in [0.4, 0.5) is 5.69 Å². The van der Waals surface area contributed by atoms with Crippen molar-refractivity contribution in [1.29, 1.82) is 0 Å². The summed E-state index contributed by atoms with van der Waals surface area (Å²) in [7, 11) is 0. The van der Waals surface area contributed by atoms with E-state index in [0.717, 1.165) is 34.7 Å². The SMILES string of the molecule is Cc1ccc(C)c(CN2C(=O)/C(=C/c3ccc(C(=O)NCCCN4C(C)CCCC4C)cc3)Sc3ccccc32)c1. The summed E-state index contributed by atoms with van der Waals surface area (Å²) >= 11 is 1.50. The molecule has 0 radical (unpaired) electrons. The number of likely N-dealkylation sites (tertiary alicyclic amines) is 1. The minimum absolute atomic E-state index is 0.00577. The number of hydrogen-bond donors (Lipinski definition) is 1. The Morgan fingerprint density at radius 3 is 2.49 bits per heavy atom. The molecule has 0 saturated carbocycles. The van der Waals surface area contributed by atoms with E-state index in [1.54, 1.807) is 0 Å². The predicted molar refractivity (Wildman–Crippen MR) is 170 cm³/mol. The van der Waals surface area contributed by atoms with Gasteiger partial charge in [0.1, 0.15) is 0 Å². The van der Waals surface area contributed by atoms with Crippen molar-refractivity contribution in [2.45, 2.75) is 76.9 Å². The fourth-order valence-electron chi connectivity index (χ4n) is 5.92. The third-order valence-electron chi connectivity index (χ3n) is 8.39. The standard InChI is InChI=1S/C35H41N3O2S/c1-24-13-14-25(2)30(21-24)23-38-31-11-5-6-12-32(31)41-33(35(38)40)22-28-15-17-29(18-16-28)34(39)36-19-8-20-37-26(3)9-7-10-27(37)4/h5-6,11-18,21-22,26-27H,7-10,19-20,23H2,1-4H3,(H,36,39)/b33-22-. The molecule has 3 aromatic rings. The highest BCUT2D eigenvalue weighted by Gasteiger charge is 2.29. The van der Waals surface area contributed by atoms with Gasteiger partial charge in [-0.25, -0.2) is 0 Å². The van der Waals surface area contributed by atoms with Crippen molar-refractivity contribution in [3.05, 3.63) is 99.5 Å². The first-order chi connectivity index (χ1) is 19.8. The third kappa shape index (κ3) is 6.94. The summed E-state index contributed by atoms with van der Waals surface area (Å²) < 4.78 is 0. The highest BCUT2D eigenvalue weighted by molar-refractivity contribution is 8.04. The van der Waals surface area contributed by atoms with Gasteiger partial charge in [-0.05, 0) is 94.0 Å². The number of fused-ring (bicyclic) bond motifs is 1. The fourth-order valence-corrected chi connectivity index (χ4v) is 6.98. The lowest BCUT2D eigenvalue weighted by molar-refractivity contribution is -0.114. The minimum Gasteiger partial charge on any atom is -0.352 e. The first-order valence-corrected chi connectivity index (χ1v) is 15.6. The Labute approximate surface area is 249 Å². The van der Waals surface area contributed by atoms with E-state index in [2.05, 4.69) is 62.2 Å². The van der Waals surface area contributed by atoms with Gasteiger partial charge < -0.3 is 10.2 Å². The molecule has 0 bridgehead atoms. The Bertz CT molecular complexity index is 1420. The van der Waals surface area contributed by atoms with Gasteiger partial charge in [-0.3, -0.25) is 14.5 Å². The molecule has 5 nitrogen and oxygen atoms in total. The van der Waals surface area contributed by atoms with E-state index in [4.69, 9.17) is 0 Å². The molecule has 5 rings (SSSR count). The van der Waals surface area contributed by atoms with Crippen molar-refractivity contribution >= 4 is 35.3 Å². The van der Waals surface area contributed by atoms with E-state index in [-0.39, 0.29) is 11.8 Å². The average Bonchev–Trinajstić information content (AvgIpc) is 2.96. The van der Waals surface area contributed by atoms with Crippen LogP contribution in [0.3, 0.4) is 0 Å². The first-order valence-electron chi connectivity index (χ1n) is 14.8. The summed E-state index contributed by atoms with van der Waals surface area (Å²) in [4.78, 5) is 32.7. The second-order valence-electron chi connectivity index (χ2n) is 11.5. The topological polar surface area (TPSA) is 52.7 Å². The van der Waals surface area contributed by atoms with Gasteiger partial charge in [-0.15, -0.1) is 0 Å². The van der Waals surface area contributed by atoms with Gasteiger partial charge in [0.15, 0.2) is 0 Å². The zero-order valence-corrected chi connectivity index (χ0v) is 25.5. The highest BCUT2D eigenvalue weighted by Crippen LogP contribution is 2.42. The number of carbonyl (C=O) groups is 2. The van der Waals surface area contributed by atoms with Crippen LogP contribution < -0.4 is 10.2 Å². The molecule has 3 aromatic carbocycles. The van der Waals surface area contributed by atoms with Crippen LogP contribution >= 0.6 is 11.8 Å². The summed E-state index contributed by atoms with van der Waals surface area (Å²) in [5.74, 6) is -0.0607. The van der Waals surface area contributed by atoms with Gasteiger partial charge in [0.05, 0.1) is 17.1 Å². The number of anilines is 1. The molecule has 2 aliphatic heterocycles. The fraction of sp³-hybridized carbons (Fsp3) is 0.371. The zero-order chi connectivity index (χ0) is 28.9. The number of piperidine rings is 1. The molecular formula is C35H41N3O2S. The molecule has 214 valence electrons. The van der Waals surface area contributed by atoms with Gasteiger partial charge in [0.25, 0.3) is 11.8 Å². The van der Waals surface area contributed by atoms with Crippen molar-refractivity contribution in [2.24, 2.45) is 0 Å². The summed E-state index contributed by atoms with van der Waals surface area (Å²) in [6.07, 6.45) is 6.72. The molecule has 0 spiro atoms. The maximum absolute atomic E-state index is 13.7. The molecule has 1 saturated heterocycles. The summed E-state index contributed by atoms with van der Waals surface area (Å²) in [6, 6.07) is 23.2. The van der Waals surface area contributed by atoms with Crippen LogP contribution in [0, 0.1) is 13.8 Å². The first kappa shape index (κ1) is 29.2. The molecule has 2 aliphatic rings. The lowest BCUT2D eigenvalue weighted by atomic mass is 9.97. The van der Waals surface area contributed by atoms with Crippen molar-refractivity contribution in [3.8, 4) is 0 Å². The molecular weight excluding hydrogens is 526 g/mol. The van der Waals surface area contributed by atoms with Gasteiger partial charge in [-0.1, -0.05) is 66.2 Å². The predicted octanol–water partition coefficient (Wildman–Crippen LogP) is 7.37. The Hall–Kier alpha value is -3.35. The Morgan fingerprint density at radius 1 is 1.00 bits per heavy atom. The number of carbonyl (C=O) groups excluding carboxylic acids is 2. The Morgan fingerprint density at radius 2 is 1.73 bits per heavy atom. The third-order valence-corrected chi connectivity index (χ3v) is 9.47. The minimum atomic E-state index is -0.0549. The average molecular weight is 568 g/mol. The second kappa shape index (κ2) is 13.1. The highest BCUT2D eigenvalue weighted by atomic mass is 32.2. The molecule has 0 aromatic heterocycles. The number of aryl methyl sites for hydroxylation is 2. The van der Waals surface area contributed by atoms with Gasteiger partial charge in [0.2, 0.25) is 0 Å². The molecule has 41 heavy (non-hydrogen) atoms. The number of thioether (sulfide) groups is 1. The number of nitrogens with one attached hydrogen (secondary N) is 1. The summed E-state index contributed by atoms with van der Waals surface area (Å²) in [5.41, 5.74) is 5.98. The summed E-state index contributed by atoms with van der Waals surface area (Å²) in [5, 5.41) is 3.08. The Balaban J connectivity index is 1.24. The van der Waals surface area contributed by atoms with Crippen LogP contribution in [0.5, 0.6) is 0 Å². The van der Waals surface area contributed by atoms with E-state index >= 15 is 0 Å². The van der Waals surface area contributed by atoms with Gasteiger partial charge in [-0.2, -0.15) is 0 Å². The van der Waals surface area contributed by atoms with Crippen LogP contribution in [0.15, 0.2) is 76.5 Å². The monoisotopic (exact) mass is 567 g/mol. The molecule has 2 heterocycles. The smallest absolute Gasteiger partial charge is 0.265 e. The molecule has 1 N–H and O–H groups in total. The van der Waals surface area contributed by atoms with Gasteiger partial charge >= 0.3 is 0 Å². The number of para-hydroxylation sites is 1. The zero-order valence-electron chi connectivity index (χ0n) is 24.7. The number of rotatable bonds is 8. The quantitative estimate of drug-likeness (QED) is 0.228. The van der Waals surface area contributed by atoms with Crippen LogP contribution in [-0.2, 0) is 11.3 Å². The number of hydrogen-bond acceptors (Lipinski definition) is 4. The largest absolute Gasteiger partial charge is 0.352 e. The van der Waals surface area contributed by atoms with Crippen molar-refractivity contribution in [3.63, 3.8) is 0 Å². The van der Waals surface area contributed by atoms with Crippen LogP contribution in [0.1, 0.15) is 72.1 Å². The van der Waals surface area contributed by atoms with Crippen molar-refractivity contribution in [2.75, 3.05) is 18.0 Å². The maximum Gasteiger partial charge on any atom is 0.265 e. The maximum atomic E-state index is 13.7. The number of amides is 2. The van der Waals surface area contributed by atoms with Crippen LogP contribution in [0.2, 0.25) is 0 Å². The Kier molecular flexibility index (Phi) is 9.31. The molecule has 2 unspecified atom stereocenters. The van der Waals surface area contributed by atoms with E-state index in [9.17, 15) is 9.59 Å². The molecule has 2 amide bonds. The molecule has 2 atom stereocenters. The molecule has 6 heteroatoms. The normalized spacial score (nSPS) is 20.2. The lowest BCUT2D eigenvalue weighted by Crippen LogP contribution is -2.44. The van der Waals surface area contributed by atoms with E-state index in [0.29, 0.717) is 35.6 Å². The van der Waals surface area contributed by atoms with E-state index in [1.807, 2.05) is 53.4 Å². The van der Waals surface area contributed by atoms with Crippen molar-refractivity contribution < 1.29 is 9.59 Å². The number of nitrogens with zero attached hydrogens (tertiary/aromatic N) is 2. The second-order valence-corrected chi connectivity index (χ2v) is 12.6. The van der Waals surface area contributed by atoms with Crippen LogP contribution in [0.25, 0.3) is 6.08 Å². The lowest BCUT2D eigenvalue weighted by Gasteiger charge is -2.39. The summed E-state index contributed by atoms with van der Waals surface area (Å²) in [6.45, 7) is 11.0. The number of benzene rings is 3. The molecule has 1 fully saturated rings.